The Morgan fingerprint density at radius 3 is 1.79 bits per heavy atom. The van der Waals surface area contributed by atoms with Crippen LogP contribution in [-0.2, 0) is 0 Å². The molecule has 1 radical (unpaired) electrons. The number of benzene rings is 1. The van der Waals surface area contributed by atoms with Crippen LogP contribution in [0.25, 0.3) is 0 Å². The molecule has 1 saturated carbocycles. The fourth-order valence-electron chi connectivity index (χ4n) is 3.30. The molecule has 0 spiro atoms. The van der Waals surface area contributed by atoms with Crippen molar-refractivity contribution in [1.29, 1.82) is 0 Å². The minimum Gasteiger partial charge on any atom is -0.0557 e. The van der Waals surface area contributed by atoms with E-state index in [1.54, 1.807) is 13.9 Å². The third kappa shape index (κ3) is 4.60. The van der Waals surface area contributed by atoms with E-state index in [4.69, 9.17) is 0 Å². The summed E-state index contributed by atoms with van der Waals surface area (Å²) >= 11 is 0. The Bertz CT molecular complexity index is 375. The van der Waals surface area contributed by atoms with Crippen LogP contribution in [0.2, 0.25) is 0 Å². The summed E-state index contributed by atoms with van der Waals surface area (Å²) in [5, 5.41) is 1.61. The molecule has 0 bridgehead atoms. The maximum Gasteiger partial charge on any atom is -0.0127 e. The molecule has 0 heterocycles. The highest BCUT2D eigenvalue weighted by atomic mass is 31.1. The van der Waals surface area contributed by atoms with E-state index >= 15 is 0 Å². The van der Waals surface area contributed by atoms with Crippen molar-refractivity contribution in [3.63, 3.8) is 0 Å². The van der Waals surface area contributed by atoms with E-state index in [2.05, 4.69) is 32.9 Å². The summed E-state index contributed by atoms with van der Waals surface area (Å²) in [5.74, 6) is 0. The van der Waals surface area contributed by atoms with Crippen molar-refractivity contribution in [2.75, 3.05) is 0 Å². The van der Waals surface area contributed by atoms with Crippen LogP contribution >= 0.6 is 8.58 Å². The van der Waals surface area contributed by atoms with Gasteiger partial charge in [0, 0.05) is 0 Å². The molecule has 105 valence electrons. The van der Waals surface area contributed by atoms with Crippen LogP contribution in [0.1, 0.15) is 68.1 Å². The zero-order valence-electron chi connectivity index (χ0n) is 12.8. The van der Waals surface area contributed by atoms with Gasteiger partial charge in [0.25, 0.3) is 0 Å². The van der Waals surface area contributed by atoms with Crippen molar-refractivity contribution in [2.45, 2.75) is 77.8 Å². The molecular weight excluding hydrogens is 247 g/mol. The van der Waals surface area contributed by atoms with Gasteiger partial charge < -0.3 is 0 Å². The van der Waals surface area contributed by atoms with Crippen LogP contribution in [0.4, 0.5) is 0 Å². The molecule has 0 atom stereocenters. The largest absolute Gasteiger partial charge is 0.0557 e. The van der Waals surface area contributed by atoms with Gasteiger partial charge in [-0.15, -0.1) is 0 Å². The van der Waals surface area contributed by atoms with E-state index in [1.165, 1.54) is 68.1 Å². The molecular formula is C18H28P. The van der Waals surface area contributed by atoms with Gasteiger partial charge in [-0.2, -0.15) is 0 Å². The van der Waals surface area contributed by atoms with Crippen molar-refractivity contribution in [3.05, 3.63) is 28.8 Å². The lowest BCUT2D eigenvalue weighted by atomic mass is 10.1. The van der Waals surface area contributed by atoms with Crippen molar-refractivity contribution in [3.8, 4) is 0 Å². The zero-order valence-corrected chi connectivity index (χ0v) is 13.7. The highest BCUT2D eigenvalue weighted by Gasteiger charge is 2.15. The smallest absolute Gasteiger partial charge is 0.0127 e. The highest BCUT2D eigenvalue weighted by molar-refractivity contribution is 7.48. The number of hydrogen-bond acceptors (Lipinski definition) is 0. The minimum absolute atomic E-state index is 0.901. The summed E-state index contributed by atoms with van der Waals surface area (Å²) in [6, 6.07) is 4.70. The average Bonchev–Trinajstić information content (AvgIpc) is 2.47. The Morgan fingerprint density at radius 1 is 0.789 bits per heavy atom. The molecule has 2 rings (SSSR count). The van der Waals surface area contributed by atoms with E-state index in [1.807, 2.05) is 0 Å². The minimum atomic E-state index is 0.901. The molecule has 1 aromatic carbocycles. The monoisotopic (exact) mass is 275 g/mol. The first-order chi connectivity index (χ1) is 9.16. The van der Waals surface area contributed by atoms with Gasteiger partial charge in [0.1, 0.15) is 0 Å². The first kappa shape index (κ1) is 15.0. The van der Waals surface area contributed by atoms with Crippen LogP contribution < -0.4 is 5.30 Å². The Kier molecular flexibility index (Phi) is 5.89. The van der Waals surface area contributed by atoms with Crippen molar-refractivity contribution >= 4 is 13.9 Å². The lowest BCUT2D eigenvalue weighted by Gasteiger charge is -2.18. The quantitative estimate of drug-likeness (QED) is 0.608. The zero-order chi connectivity index (χ0) is 13.7. The molecule has 0 aromatic heterocycles. The van der Waals surface area contributed by atoms with Gasteiger partial charge in [0.15, 0.2) is 0 Å². The maximum atomic E-state index is 2.35. The van der Waals surface area contributed by atoms with Gasteiger partial charge in [-0.05, 0) is 64.3 Å². The Morgan fingerprint density at radius 2 is 1.26 bits per heavy atom. The number of rotatable bonds is 2. The van der Waals surface area contributed by atoms with Gasteiger partial charge in [0.2, 0.25) is 0 Å². The normalized spacial score (nSPS) is 19.3. The van der Waals surface area contributed by atoms with Crippen LogP contribution in [0.15, 0.2) is 12.1 Å². The fourth-order valence-corrected chi connectivity index (χ4v) is 4.82. The number of aryl methyl sites for hydroxylation is 3. The predicted molar refractivity (Wildman–Crippen MR) is 87.9 cm³/mol. The molecule has 1 fully saturated rings. The molecule has 1 aliphatic carbocycles. The van der Waals surface area contributed by atoms with Gasteiger partial charge >= 0.3 is 0 Å². The fraction of sp³-hybridized carbons (Fsp3) is 0.667. The Hall–Kier alpha value is -0.350. The molecule has 0 amide bonds. The highest BCUT2D eigenvalue weighted by Crippen LogP contribution is 2.32. The van der Waals surface area contributed by atoms with Crippen molar-refractivity contribution < 1.29 is 0 Å². The average molecular weight is 275 g/mol. The van der Waals surface area contributed by atoms with E-state index < -0.39 is 0 Å². The van der Waals surface area contributed by atoms with Gasteiger partial charge in [-0.25, -0.2) is 0 Å². The number of hydrogen-bond donors (Lipinski definition) is 0. The molecule has 1 aliphatic rings. The molecule has 0 aliphatic heterocycles. The van der Waals surface area contributed by atoms with E-state index in [0.29, 0.717) is 0 Å². The van der Waals surface area contributed by atoms with E-state index in [0.717, 1.165) is 5.66 Å². The second-order valence-corrected chi connectivity index (χ2v) is 7.66. The van der Waals surface area contributed by atoms with E-state index in [9.17, 15) is 0 Å². The van der Waals surface area contributed by atoms with Gasteiger partial charge in [0.05, 0.1) is 0 Å². The summed E-state index contributed by atoms with van der Waals surface area (Å²) in [6.45, 7) is 6.79. The molecule has 0 saturated heterocycles. The summed E-state index contributed by atoms with van der Waals surface area (Å²) in [7, 11) is 1.60. The van der Waals surface area contributed by atoms with Crippen molar-refractivity contribution in [1.82, 2.24) is 0 Å². The second kappa shape index (κ2) is 7.44. The first-order valence-electron chi connectivity index (χ1n) is 7.95. The van der Waals surface area contributed by atoms with Crippen LogP contribution in [0.3, 0.4) is 0 Å². The SMILES string of the molecule is Cc1cc(C)c([P]C2CCCCCCCC2)c(C)c1. The Balaban J connectivity index is 2.06. The van der Waals surface area contributed by atoms with Crippen molar-refractivity contribution in [2.24, 2.45) is 0 Å². The first-order valence-corrected chi connectivity index (χ1v) is 8.92. The third-order valence-corrected chi connectivity index (χ3v) is 6.12. The molecule has 0 unspecified atom stereocenters. The van der Waals surface area contributed by atoms with Gasteiger partial charge in [-0.1, -0.05) is 56.2 Å². The molecule has 1 heteroatoms. The lowest BCUT2D eigenvalue weighted by molar-refractivity contribution is 0.624. The molecule has 19 heavy (non-hydrogen) atoms. The molecule has 0 nitrogen and oxygen atoms in total. The Labute approximate surface area is 121 Å². The summed E-state index contributed by atoms with van der Waals surface area (Å²) in [6.07, 6.45) is 11.6. The van der Waals surface area contributed by atoms with Crippen LogP contribution in [0.5, 0.6) is 0 Å². The van der Waals surface area contributed by atoms with Crippen LogP contribution in [0, 0.1) is 20.8 Å². The summed E-state index contributed by atoms with van der Waals surface area (Å²) in [4.78, 5) is 0. The summed E-state index contributed by atoms with van der Waals surface area (Å²) < 4.78 is 0. The predicted octanol–water partition coefficient (Wildman–Crippen LogP) is 5.69. The lowest BCUT2D eigenvalue weighted by Crippen LogP contribution is -2.12. The topological polar surface area (TPSA) is 0 Å². The van der Waals surface area contributed by atoms with E-state index in [-0.39, 0.29) is 0 Å². The van der Waals surface area contributed by atoms with Crippen LogP contribution in [-0.4, -0.2) is 5.66 Å². The van der Waals surface area contributed by atoms with Gasteiger partial charge in [-0.3, -0.25) is 0 Å². The summed E-state index contributed by atoms with van der Waals surface area (Å²) in [5.41, 5.74) is 5.31. The maximum absolute atomic E-state index is 2.35. The molecule has 0 N–H and O–H groups in total. The standard InChI is InChI=1S/C18H28P/c1-14-12-15(2)18(16(3)13-14)19-17-10-8-6-4-5-7-9-11-17/h12-13,17H,4-11H2,1-3H3. The second-order valence-electron chi connectivity index (χ2n) is 6.23. The third-order valence-electron chi connectivity index (χ3n) is 4.27. The molecule has 1 aromatic rings.